The van der Waals surface area contributed by atoms with Crippen molar-refractivity contribution in [2.45, 2.75) is 10.5 Å². The quantitative estimate of drug-likeness (QED) is 0.276. The Morgan fingerprint density at radius 2 is 1.18 bits per heavy atom. The maximum atomic E-state index is 2.12. The van der Waals surface area contributed by atoms with Crippen LogP contribution in [0.1, 0.15) is 0 Å². The van der Waals surface area contributed by atoms with Crippen LogP contribution in [-0.4, -0.2) is 56.5 Å². The van der Waals surface area contributed by atoms with E-state index in [1.807, 2.05) is 0 Å². The van der Waals surface area contributed by atoms with Crippen molar-refractivity contribution in [2.75, 3.05) is 46.0 Å². The van der Waals surface area contributed by atoms with E-state index >= 15 is 0 Å². The minimum Gasteiger partial charge on any atom is -0.160 e. The van der Waals surface area contributed by atoms with E-state index in [9.17, 15) is 0 Å². The van der Waals surface area contributed by atoms with E-state index in [0.717, 1.165) is 10.5 Å². The van der Waals surface area contributed by atoms with Crippen molar-refractivity contribution in [3.05, 3.63) is 0 Å². The summed E-state index contributed by atoms with van der Waals surface area (Å²) in [5.74, 6) is 10.9. The Balaban J connectivity index is 1.20. The van der Waals surface area contributed by atoms with Gasteiger partial charge >= 0.3 is 0 Å². The summed E-state index contributed by atoms with van der Waals surface area (Å²) >= 11 is 6.34. The van der Waals surface area contributed by atoms with Gasteiger partial charge in [-0.3, -0.25) is 0 Å². The van der Waals surface area contributed by atoms with E-state index in [0.29, 0.717) is 0 Å². The lowest BCUT2D eigenvalue weighted by molar-refractivity contribution is 1.28. The van der Waals surface area contributed by atoms with Crippen molar-refractivity contribution >= 4 is 78.5 Å². The highest BCUT2D eigenvalue weighted by molar-refractivity contribution is 8.77. The van der Waals surface area contributed by atoms with E-state index in [-0.39, 0.29) is 0 Å². The first kappa shape index (κ1) is 15.8. The predicted octanol–water partition coefficient (Wildman–Crippen LogP) is 4.71. The third kappa shape index (κ3) is 9.91. The maximum Gasteiger partial charge on any atom is 0.0237 e. The highest BCUT2D eigenvalue weighted by Gasteiger charge is 2.22. The molecule has 0 aromatic heterocycles. The van der Waals surface area contributed by atoms with Crippen LogP contribution in [0.15, 0.2) is 0 Å². The first-order chi connectivity index (χ1) is 8.45. The molecule has 100 valence electrons. The average molecular weight is 363 g/mol. The van der Waals surface area contributed by atoms with E-state index in [1.54, 1.807) is 0 Å². The van der Waals surface area contributed by atoms with Crippen LogP contribution in [0, 0.1) is 0 Å². The topological polar surface area (TPSA) is 0 Å². The van der Waals surface area contributed by atoms with Crippen molar-refractivity contribution in [1.82, 2.24) is 0 Å². The smallest absolute Gasteiger partial charge is 0.0237 e. The molecule has 0 aliphatic carbocycles. The SMILES string of the molecule is C(CSSCC1CS1)SCCSSCC1CS1. The van der Waals surface area contributed by atoms with Gasteiger partial charge in [-0.05, 0) is 0 Å². The highest BCUT2D eigenvalue weighted by atomic mass is 33.1. The number of hydrogen-bond donors (Lipinski definition) is 0. The Labute approximate surface area is 134 Å². The molecule has 2 rings (SSSR count). The van der Waals surface area contributed by atoms with Crippen molar-refractivity contribution in [3.8, 4) is 0 Å². The van der Waals surface area contributed by atoms with Crippen molar-refractivity contribution in [3.63, 3.8) is 0 Å². The Bertz CT molecular complexity index is 173. The van der Waals surface area contributed by atoms with Gasteiger partial charge in [-0.15, -0.1) is 0 Å². The van der Waals surface area contributed by atoms with Crippen LogP contribution in [0.3, 0.4) is 0 Å². The summed E-state index contributed by atoms with van der Waals surface area (Å²) in [6, 6.07) is 0. The van der Waals surface area contributed by atoms with Gasteiger partial charge in [-0.25, -0.2) is 0 Å². The molecule has 0 spiro atoms. The third-order valence-electron chi connectivity index (χ3n) is 2.10. The fourth-order valence-electron chi connectivity index (χ4n) is 0.982. The predicted molar refractivity (Wildman–Crippen MR) is 99.6 cm³/mol. The molecule has 0 amide bonds. The van der Waals surface area contributed by atoms with E-state index in [1.165, 1.54) is 46.0 Å². The van der Waals surface area contributed by atoms with Crippen LogP contribution < -0.4 is 0 Å². The Morgan fingerprint density at radius 3 is 1.59 bits per heavy atom. The van der Waals surface area contributed by atoms with Crippen LogP contribution >= 0.6 is 78.5 Å². The van der Waals surface area contributed by atoms with Crippen molar-refractivity contribution in [1.29, 1.82) is 0 Å². The molecule has 0 aromatic rings. The lowest BCUT2D eigenvalue weighted by Gasteiger charge is -2.01. The summed E-state index contributed by atoms with van der Waals surface area (Å²) in [6.45, 7) is 0. The largest absolute Gasteiger partial charge is 0.160 e. The molecule has 2 aliphatic rings. The summed E-state index contributed by atoms with van der Waals surface area (Å²) < 4.78 is 0. The molecule has 0 nitrogen and oxygen atoms in total. The van der Waals surface area contributed by atoms with Gasteiger partial charge in [0.05, 0.1) is 0 Å². The molecule has 2 atom stereocenters. The van der Waals surface area contributed by atoms with Gasteiger partial charge in [-0.2, -0.15) is 35.3 Å². The maximum absolute atomic E-state index is 2.12. The first-order valence-corrected chi connectivity index (χ1v) is 14.0. The molecule has 2 heterocycles. The molecule has 0 N–H and O–H groups in total. The molecule has 0 bridgehead atoms. The molecule has 2 saturated heterocycles. The molecule has 2 aliphatic heterocycles. The minimum absolute atomic E-state index is 0.998. The Morgan fingerprint density at radius 1 is 0.706 bits per heavy atom. The van der Waals surface area contributed by atoms with Crippen LogP contribution in [0.2, 0.25) is 0 Å². The molecule has 2 unspecified atom stereocenters. The second kappa shape index (κ2) is 10.2. The van der Waals surface area contributed by atoms with Gasteiger partial charge in [0.15, 0.2) is 0 Å². The number of rotatable bonds is 12. The van der Waals surface area contributed by atoms with Gasteiger partial charge in [0.1, 0.15) is 0 Å². The van der Waals surface area contributed by atoms with Crippen LogP contribution in [0.25, 0.3) is 0 Å². The minimum atomic E-state index is 0.998. The standard InChI is InChI=1S/C10H18S7/c1(3-14-16-7-9-5-12-9)11-2-4-15-17-8-10-6-13-10/h9-10H,1-8H2. The summed E-state index contributed by atoms with van der Waals surface area (Å²) in [4.78, 5) is 0. The zero-order valence-electron chi connectivity index (χ0n) is 9.67. The normalized spacial score (nSPS) is 26.1. The van der Waals surface area contributed by atoms with Crippen LogP contribution in [0.4, 0.5) is 0 Å². The highest BCUT2D eigenvalue weighted by Crippen LogP contribution is 2.37. The molecule has 2 fully saturated rings. The van der Waals surface area contributed by atoms with Crippen molar-refractivity contribution in [2.24, 2.45) is 0 Å². The lowest BCUT2D eigenvalue weighted by atomic mass is 10.6. The van der Waals surface area contributed by atoms with E-state index in [2.05, 4.69) is 78.5 Å². The first-order valence-electron chi connectivity index (χ1n) is 5.75. The van der Waals surface area contributed by atoms with Gasteiger partial charge < -0.3 is 0 Å². The second-order valence-electron chi connectivity index (χ2n) is 3.74. The molecule has 0 aromatic carbocycles. The van der Waals surface area contributed by atoms with Gasteiger partial charge in [-0.1, -0.05) is 43.2 Å². The fourth-order valence-corrected chi connectivity index (χ4v) is 9.64. The summed E-state index contributed by atoms with van der Waals surface area (Å²) in [7, 11) is 8.29. The summed E-state index contributed by atoms with van der Waals surface area (Å²) in [6.07, 6.45) is 0. The van der Waals surface area contributed by atoms with Gasteiger partial charge in [0.25, 0.3) is 0 Å². The molecule has 7 heteroatoms. The monoisotopic (exact) mass is 362 g/mol. The number of thioether (sulfide) groups is 3. The van der Waals surface area contributed by atoms with Crippen molar-refractivity contribution < 1.29 is 0 Å². The molecule has 0 radical (unpaired) electrons. The molecule has 17 heavy (non-hydrogen) atoms. The summed E-state index contributed by atoms with van der Waals surface area (Å²) in [5, 5.41) is 2.00. The average Bonchev–Trinajstić information content (AvgIpc) is 3.19. The second-order valence-corrected chi connectivity index (χ2v) is 12.9. The third-order valence-corrected chi connectivity index (χ3v) is 10.9. The lowest BCUT2D eigenvalue weighted by Crippen LogP contribution is -1.90. The number of hydrogen-bond acceptors (Lipinski definition) is 7. The molecule has 0 saturated carbocycles. The fraction of sp³-hybridized carbons (Fsp3) is 1.00. The Kier molecular flexibility index (Phi) is 9.51. The zero-order chi connectivity index (χ0) is 11.8. The van der Waals surface area contributed by atoms with E-state index in [4.69, 9.17) is 0 Å². The van der Waals surface area contributed by atoms with Gasteiger partial charge in [0.2, 0.25) is 0 Å². The summed E-state index contributed by atoms with van der Waals surface area (Å²) in [5.41, 5.74) is 0. The van der Waals surface area contributed by atoms with Gasteiger partial charge in [0, 0.05) is 56.5 Å². The Hall–Kier alpha value is 2.45. The van der Waals surface area contributed by atoms with Crippen LogP contribution in [0.5, 0.6) is 0 Å². The molecular weight excluding hydrogens is 345 g/mol. The zero-order valence-corrected chi connectivity index (χ0v) is 15.4. The van der Waals surface area contributed by atoms with E-state index < -0.39 is 0 Å². The molecular formula is C10H18S7. The van der Waals surface area contributed by atoms with Crippen LogP contribution in [-0.2, 0) is 0 Å².